The first-order valence-electron chi connectivity index (χ1n) is 6.14. The highest BCUT2D eigenvalue weighted by atomic mass is 16.5. The molecule has 0 saturated heterocycles. The van der Waals surface area contributed by atoms with Gasteiger partial charge in [0.15, 0.2) is 6.04 Å². The van der Waals surface area contributed by atoms with Crippen LogP contribution in [-0.2, 0) is 14.3 Å². The third-order valence-electron chi connectivity index (χ3n) is 2.87. The lowest BCUT2D eigenvalue weighted by Crippen LogP contribution is -2.34. The molecule has 0 bridgehead atoms. The summed E-state index contributed by atoms with van der Waals surface area (Å²) in [6.45, 7) is 1.86. The molecule has 104 valence electrons. The number of rotatable bonds is 7. The topological polar surface area (TPSA) is 75.6 Å². The van der Waals surface area contributed by atoms with Crippen molar-refractivity contribution in [1.82, 2.24) is 5.32 Å². The molecule has 5 heteroatoms. The fourth-order valence-corrected chi connectivity index (χ4v) is 1.62. The van der Waals surface area contributed by atoms with Gasteiger partial charge in [-0.25, -0.2) is 4.79 Å². The molecule has 1 aromatic carbocycles. The number of carboxylic acid groups (broad SMARTS) is 1. The van der Waals surface area contributed by atoms with Gasteiger partial charge >= 0.3 is 5.97 Å². The Labute approximate surface area is 112 Å². The maximum Gasteiger partial charge on any atom is 0.330 e. The van der Waals surface area contributed by atoms with Crippen molar-refractivity contribution in [3.05, 3.63) is 35.9 Å². The van der Waals surface area contributed by atoms with Crippen molar-refractivity contribution in [2.75, 3.05) is 7.11 Å². The molecule has 0 fully saturated rings. The van der Waals surface area contributed by atoms with Crippen molar-refractivity contribution in [3.8, 4) is 0 Å². The predicted molar refractivity (Wildman–Crippen MR) is 70.7 cm³/mol. The highest BCUT2D eigenvalue weighted by Gasteiger charge is 2.21. The van der Waals surface area contributed by atoms with E-state index in [1.54, 1.807) is 37.4 Å². The molecule has 2 atom stereocenters. The summed E-state index contributed by atoms with van der Waals surface area (Å²) >= 11 is 0. The molecule has 0 saturated carbocycles. The molecule has 0 heterocycles. The van der Waals surface area contributed by atoms with Crippen molar-refractivity contribution in [2.45, 2.75) is 31.9 Å². The number of hydrogen-bond donors (Lipinski definition) is 2. The Balaban J connectivity index is 2.60. The zero-order chi connectivity index (χ0) is 14.3. The van der Waals surface area contributed by atoms with E-state index in [9.17, 15) is 9.59 Å². The fourth-order valence-electron chi connectivity index (χ4n) is 1.62. The normalized spacial score (nSPS) is 13.6. The predicted octanol–water partition coefficient (Wildman–Crippen LogP) is 1.74. The van der Waals surface area contributed by atoms with Crippen LogP contribution in [0.4, 0.5) is 0 Å². The van der Waals surface area contributed by atoms with Crippen LogP contribution >= 0.6 is 0 Å². The van der Waals surface area contributed by atoms with E-state index in [0.29, 0.717) is 12.0 Å². The molecular weight excluding hydrogens is 246 g/mol. The summed E-state index contributed by atoms with van der Waals surface area (Å²) in [5.41, 5.74) is 0.558. The SMILES string of the molecule is COC(C)CCC(=O)N[C@H](C(=O)O)c1ccccc1. The van der Waals surface area contributed by atoms with Crippen molar-refractivity contribution in [1.29, 1.82) is 0 Å². The molecule has 5 nitrogen and oxygen atoms in total. The van der Waals surface area contributed by atoms with E-state index in [4.69, 9.17) is 9.84 Å². The zero-order valence-electron chi connectivity index (χ0n) is 11.1. The Morgan fingerprint density at radius 1 is 1.32 bits per heavy atom. The lowest BCUT2D eigenvalue weighted by molar-refractivity contribution is -0.142. The van der Waals surface area contributed by atoms with Crippen LogP contribution in [0.2, 0.25) is 0 Å². The molecule has 0 aliphatic heterocycles. The molecule has 0 aliphatic rings. The Morgan fingerprint density at radius 2 is 1.95 bits per heavy atom. The van der Waals surface area contributed by atoms with Crippen molar-refractivity contribution in [2.24, 2.45) is 0 Å². The van der Waals surface area contributed by atoms with Crippen LogP contribution in [0.5, 0.6) is 0 Å². The van der Waals surface area contributed by atoms with E-state index in [1.165, 1.54) is 0 Å². The molecule has 0 aromatic heterocycles. The Morgan fingerprint density at radius 3 is 2.47 bits per heavy atom. The van der Waals surface area contributed by atoms with Crippen LogP contribution in [0.1, 0.15) is 31.4 Å². The van der Waals surface area contributed by atoms with Gasteiger partial charge in [0, 0.05) is 13.5 Å². The number of hydrogen-bond acceptors (Lipinski definition) is 3. The number of carbonyl (C=O) groups is 2. The number of methoxy groups -OCH3 is 1. The smallest absolute Gasteiger partial charge is 0.330 e. The first kappa shape index (κ1) is 15.2. The summed E-state index contributed by atoms with van der Waals surface area (Å²) < 4.78 is 5.04. The zero-order valence-corrected chi connectivity index (χ0v) is 11.1. The lowest BCUT2D eigenvalue weighted by Gasteiger charge is -2.15. The van der Waals surface area contributed by atoms with Gasteiger partial charge in [-0.2, -0.15) is 0 Å². The van der Waals surface area contributed by atoms with Gasteiger partial charge < -0.3 is 15.2 Å². The largest absolute Gasteiger partial charge is 0.479 e. The van der Waals surface area contributed by atoms with E-state index in [2.05, 4.69) is 5.32 Å². The minimum Gasteiger partial charge on any atom is -0.479 e. The van der Waals surface area contributed by atoms with Gasteiger partial charge in [-0.05, 0) is 18.9 Å². The average Bonchev–Trinajstić information content (AvgIpc) is 2.42. The number of benzene rings is 1. The highest BCUT2D eigenvalue weighted by Crippen LogP contribution is 2.13. The van der Waals surface area contributed by atoms with Crippen LogP contribution in [-0.4, -0.2) is 30.2 Å². The number of amides is 1. The summed E-state index contributed by atoms with van der Waals surface area (Å²) in [6, 6.07) is 7.62. The van der Waals surface area contributed by atoms with Crippen molar-refractivity contribution >= 4 is 11.9 Å². The maximum absolute atomic E-state index is 11.7. The number of ether oxygens (including phenoxy) is 1. The third kappa shape index (κ3) is 5.09. The van der Waals surface area contributed by atoms with Crippen LogP contribution < -0.4 is 5.32 Å². The molecule has 0 spiro atoms. The van der Waals surface area contributed by atoms with Gasteiger partial charge in [-0.1, -0.05) is 30.3 Å². The molecule has 1 rings (SSSR count). The van der Waals surface area contributed by atoms with Crippen molar-refractivity contribution < 1.29 is 19.4 Å². The summed E-state index contributed by atoms with van der Waals surface area (Å²) in [5, 5.41) is 11.7. The summed E-state index contributed by atoms with van der Waals surface area (Å²) in [7, 11) is 1.58. The Hall–Kier alpha value is -1.88. The molecule has 19 heavy (non-hydrogen) atoms. The van der Waals surface area contributed by atoms with Gasteiger partial charge in [0.05, 0.1) is 6.10 Å². The molecule has 0 radical (unpaired) electrons. The van der Waals surface area contributed by atoms with Crippen molar-refractivity contribution in [3.63, 3.8) is 0 Å². The second-order valence-electron chi connectivity index (χ2n) is 4.33. The second kappa shape index (κ2) is 7.53. The molecule has 0 aliphatic carbocycles. The summed E-state index contributed by atoms with van der Waals surface area (Å²) in [6.07, 6.45) is 0.778. The monoisotopic (exact) mass is 265 g/mol. The van der Waals surface area contributed by atoms with Gasteiger partial charge in [-0.3, -0.25) is 4.79 Å². The minimum atomic E-state index is -1.07. The van der Waals surface area contributed by atoms with Crippen LogP contribution in [0.3, 0.4) is 0 Å². The average molecular weight is 265 g/mol. The molecule has 2 N–H and O–H groups in total. The third-order valence-corrected chi connectivity index (χ3v) is 2.87. The van der Waals surface area contributed by atoms with Crippen LogP contribution in [0.15, 0.2) is 30.3 Å². The Bertz CT molecular complexity index is 419. The number of carboxylic acids is 1. The first-order valence-corrected chi connectivity index (χ1v) is 6.14. The fraction of sp³-hybridized carbons (Fsp3) is 0.429. The summed E-state index contributed by atoms with van der Waals surface area (Å²) in [4.78, 5) is 22.9. The quantitative estimate of drug-likeness (QED) is 0.787. The van der Waals surface area contributed by atoms with Gasteiger partial charge in [-0.15, -0.1) is 0 Å². The lowest BCUT2D eigenvalue weighted by atomic mass is 10.1. The minimum absolute atomic E-state index is 0.0225. The standard InChI is InChI=1S/C14H19NO4/c1-10(19-2)8-9-12(16)15-13(14(17)18)11-6-4-3-5-7-11/h3-7,10,13H,8-9H2,1-2H3,(H,15,16)(H,17,18)/t10?,13-/m0/s1. The van der Waals surface area contributed by atoms with E-state index in [0.717, 1.165) is 0 Å². The molecule has 1 amide bonds. The molecule has 1 aromatic rings. The van der Waals surface area contributed by atoms with Gasteiger partial charge in [0.2, 0.25) is 5.91 Å². The maximum atomic E-state index is 11.7. The van der Waals surface area contributed by atoms with Gasteiger partial charge in [0.25, 0.3) is 0 Å². The second-order valence-corrected chi connectivity index (χ2v) is 4.33. The van der Waals surface area contributed by atoms with Crippen LogP contribution in [0, 0.1) is 0 Å². The first-order chi connectivity index (χ1) is 9.04. The summed E-state index contributed by atoms with van der Waals surface area (Å²) in [5.74, 6) is -1.36. The number of nitrogens with one attached hydrogen (secondary N) is 1. The molecular formula is C14H19NO4. The molecule has 1 unspecified atom stereocenters. The Kier molecular flexibility index (Phi) is 6.02. The van der Waals surface area contributed by atoms with E-state index in [1.807, 2.05) is 6.92 Å². The van der Waals surface area contributed by atoms with Gasteiger partial charge in [0.1, 0.15) is 0 Å². The number of aliphatic carboxylic acids is 1. The van der Waals surface area contributed by atoms with E-state index in [-0.39, 0.29) is 18.4 Å². The van der Waals surface area contributed by atoms with E-state index < -0.39 is 12.0 Å². The van der Waals surface area contributed by atoms with E-state index >= 15 is 0 Å². The number of carbonyl (C=O) groups excluding carboxylic acids is 1. The highest BCUT2D eigenvalue weighted by molar-refractivity contribution is 5.84. The van der Waals surface area contributed by atoms with Crippen LogP contribution in [0.25, 0.3) is 0 Å².